The van der Waals surface area contributed by atoms with Crippen LogP contribution in [0, 0.1) is 6.92 Å². The predicted octanol–water partition coefficient (Wildman–Crippen LogP) is 4.13. The molecule has 1 fully saturated rings. The third-order valence-electron chi connectivity index (χ3n) is 5.06. The van der Waals surface area contributed by atoms with E-state index in [1.807, 2.05) is 50.2 Å². The molecule has 3 rings (SSSR count). The summed E-state index contributed by atoms with van der Waals surface area (Å²) in [7, 11) is 0. The zero-order chi connectivity index (χ0) is 19.9. The van der Waals surface area contributed by atoms with Crippen molar-refractivity contribution < 1.29 is 9.59 Å². The Balaban J connectivity index is 1.67. The number of nitrogens with one attached hydrogen (secondary N) is 2. The lowest BCUT2D eigenvalue weighted by atomic mass is 10.1. The summed E-state index contributed by atoms with van der Waals surface area (Å²) in [4.78, 5) is 27.7. The zero-order valence-corrected chi connectivity index (χ0v) is 16.7. The van der Waals surface area contributed by atoms with Gasteiger partial charge in [-0.1, -0.05) is 37.1 Å². The van der Waals surface area contributed by atoms with Gasteiger partial charge in [-0.05, 0) is 56.5 Å². The van der Waals surface area contributed by atoms with E-state index in [4.69, 9.17) is 0 Å². The first-order valence-electron chi connectivity index (χ1n) is 10.1. The molecule has 0 aliphatic carbocycles. The molecule has 1 saturated heterocycles. The van der Waals surface area contributed by atoms with Crippen LogP contribution in [0.4, 0.5) is 11.4 Å². The normalized spacial score (nSPS) is 14.6. The topological polar surface area (TPSA) is 61.4 Å². The fourth-order valence-corrected chi connectivity index (χ4v) is 3.57. The first-order valence-corrected chi connectivity index (χ1v) is 10.1. The largest absolute Gasteiger partial charge is 0.371 e. The molecule has 1 heterocycles. The number of rotatable bonds is 7. The molecule has 2 amide bonds. The van der Waals surface area contributed by atoms with Gasteiger partial charge < -0.3 is 15.5 Å². The number of carbonyl (C=O) groups excluding carboxylic acids is 2. The van der Waals surface area contributed by atoms with E-state index in [9.17, 15) is 9.59 Å². The molecule has 0 unspecified atom stereocenters. The van der Waals surface area contributed by atoms with Crippen molar-refractivity contribution in [3.63, 3.8) is 0 Å². The third kappa shape index (κ3) is 5.12. The summed E-state index contributed by atoms with van der Waals surface area (Å²) in [5, 5.41) is 5.87. The number of aryl methyl sites for hydroxylation is 1. The van der Waals surface area contributed by atoms with E-state index in [-0.39, 0.29) is 11.8 Å². The van der Waals surface area contributed by atoms with E-state index in [0.29, 0.717) is 12.0 Å². The van der Waals surface area contributed by atoms with Crippen LogP contribution in [0.15, 0.2) is 48.5 Å². The van der Waals surface area contributed by atoms with Crippen molar-refractivity contribution in [2.45, 2.75) is 45.6 Å². The fourth-order valence-electron chi connectivity index (χ4n) is 3.57. The second-order valence-corrected chi connectivity index (χ2v) is 7.42. The Morgan fingerprint density at radius 2 is 1.82 bits per heavy atom. The van der Waals surface area contributed by atoms with Crippen molar-refractivity contribution >= 4 is 23.2 Å². The molecule has 5 heteroatoms. The van der Waals surface area contributed by atoms with Crippen molar-refractivity contribution in [1.29, 1.82) is 0 Å². The first-order chi connectivity index (χ1) is 13.6. The monoisotopic (exact) mass is 379 g/mol. The van der Waals surface area contributed by atoms with Crippen molar-refractivity contribution in [2.75, 3.05) is 23.3 Å². The molecule has 1 atom stereocenters. The molecule has 2 aromatic rings. The minimum atomic E-state index is -0.562. The molecule has 0 radical (unpaired) electrons. The Morgan fingerprint density at radius 1 is 1.07 bits per heavy atom. The van der Waals surface area contributed by atoms with Crippen LogP contribution in [0.1, 0.15) is 48.5 Å². The minimum absolute atomic E-state index is 0.179. The van der Waals surface area contributed by atoms with E-state index in [2.05, 4.69) is 21.6 Å². The van der Waals surface area contributed by atoms with Gasteiger partial charge in [-0.15, -0.1) is 0 Å². The van der Waals surface area contributed by atoms with Crippen LogP contribution in [-0.2, 0) is 4.79 Å². The van der Waals surface area contributed by atoms with E-state index < -0.39 is 6.04 Å². The number of hydrogen-bond acceptors (Lipinski definition) is 3. The molecule has 0 aromatic heterocycles. The summed E-state index contributed by atoms with van der Waals surface area (Å²) in [6, 6.07) is 14.8. The number of anilines is 2. The van der Waals surface area contributed by atoms with Crippen molar-refractivity contribution in [2.24, 2.45) is 0 Å². The van der Waals surface area contributed by atoms with Crippen LogP contribution in [0.3, 0.4) is 0 Å². The fraction of sp³-hybridized carbons (Fsp3) is 0.391. The molecule has 2 aromatic carbocycles. The summed E-state index contributed by atoms with van der Waals surface area (Å²) >= 11 is 0. The molecule has 1 aliphatic rings. The van der Waals surface area contributed by atoms with Gasteiger partial charge in [0.25, 0.3) is 5.91 Å². The van der Waals surface area contributed by atoms with Gasteiger partial charge in [0, 0.05) is 30.0 Å². The highest BCUT2D eigenvalue weighted by Gasteiger charge is 2.21. The Bertz CT molecular complexity index is 828. The maximum atomic E-state index is 12.8. The Kier molecular flexibility index (Phi) is 6.69. The van der Waals surface area contributed by atoms with Gasteiger partial charge in [0.05, 0.1) is 0 Å². The molecular formula is C23H29N3O2. The van der Waals surface area contributed by atoms with E-state index >= 15 is 0 Å². The lowest BCUT2D eigenvalue weighted by Crippen LogP contribution is -2.43. The van der Waals surface area contributed by atoms with E-state index in [1.54, 1.807) is 6.07 Å². The molecule has 0 bridgehead atoms. The van der Waals surface area contributed by atoms with Crippen LogP contribution in [0.2, 0.25) is 0 Å². The van der Waals surface area contributed by atoms with Gasteiger partial charge in [-0.2, -0.15) is 0 Å². The molecule has 5 nitrogen and oxygen atoms in total. The summed E-state index contributed by atoms with van der Waals surface area (Å²) in [5.41, 5.74) is 3.49. The smallest absolute Gasteiger partial charge is 0.251 e. The summed E-state index contributed by atoms with van der Waals surface area (Å²) in [5.74, 6) is -0.399. The van der Waals surface area contributed by atoms with Crippen molar-refractivity contribution in [3.05, 3.63) is 59.7 Å². The zero-order valence-electron chi connectivity index (χ0n) is 16.7. The van der Waals surface area contributed by atoms with Crippen LogP contribution >= 0.6 is 0 Å². The number of nitrogens with zero attached hydrogens (tertiary/aromatic N) is 1. The quantitative estimate of drug-likeness (QED) is 0.760. The third-order valence-corrected chi connectivity index (χ3v) is 5.06. The first kappa shape index (κ1) is 19.9. The van der Waals surface area contributed by atoms with Crippen molar-refractivity contribution in [1.82, 2.24) is 5.32 Å². The lowest BCUT2D eigenvalue weighted by molar-refractivity contribution is -0.118. The van der Waals surface area contributed by atoms with E-state index in [0.717, 1.165) is 36.4 Å². The van der Waals surface area contributed by atoms with Crippen LogP contribution in [0.5, 0.6) is 0 Å². The molecule has 148 valence electrons. The Labute approximate surface area is 167 Å². The number of carbonyl (C=O) groups is 2. The van der Waals surface area contributed by atoms with Crippen LogP contribution in [-0.4, -0.2) is 30.9 Å². The van der Waals surface area contributed by atoms with Gasteiger partial charge in [0.15, 0.2) is 0 Å². The van der Waals surface area contributed by atoms with Gasteiger partial charge in [-0.25, -0.2) is 0 Å². The van der Waals surface area contributed by atoms with Gasteiger partial charge >= 0.3 is 0 Å². The average molecular weight is 380 g/mol. The Hall–Kier alpha value is -2.82. The number of hydrogen-bond donors (Lipinski definition) is 2. The predicted molar refractivity (Wildman–Crippen MR) is 114 cm³/mol. The molecule has 1 aliphatic heterocycles. The van der Waals surface area contributed by atoms with Crippen LogP contribution < -0.4 is 15.5 Å². The van der Waals surface area contributed by atoms with Crippen molar-refractivity contribution in [3.8, 4) is 0 Å². The maximum Gasteiger partial charge on any atom is 0.251 e. The summed E-state index contributed by atoms with van der Waals surface area (Å²) < 4.78 is 0. The average Bonchev–Trinajstić information content (AvgIpc) is 3.22. The molecule has 28 heavy (non-hydrogen) atoms. The highest BCUT2D eigenvalue weighted by atomic mass is 16.2. The van der Waals surface area contributed by atoms with Crippen LogP contribution in [0.25, 0.3) is 0 Å². The molecule has 0 spiro atoms. The standard InChI is InChI=1S/C23H29N3O2/c1-3-8-21(25-22(27)18-10-6-9-17(2)15-18)23(28)24-19-11-7-12-20(16-19)26-13-4-5-14-26/h6-7,9-12,15-16,21H,3-5,8,13-14H2,1-2H3,(H,24,28)(H,25,27)/t21-/m0/s1. The highest BCUT2D eigenvalue weighted by Crippen LogP contribution is 2.23. The number of benzene rings is 2. The lowest BCUT2D eigenvalue weighted by Gasteiger charge is -2.20. The van der Waals surface area contributed by atoms with E-state index in [1.165, 1.54) is 12.8 Å². The number of amides is 2. The molecule has 2 N–H and O–H groups in total. The maximum absolute atomic E-state index is 12.8. The second kappa shape index (κ2) is 9.40. The summed E-state index contributed by atoms with van der Waals surface area (Å²) in [6.07, 6.45) is 3.81. The van der Waals surface area contributed by atoms with Gasteiger partial charge in [0.2, 0.25) is 5.91 Å². The summed E-state index contributed by atoms with van der Waals surface area (Å²) in [6.45, 7) is 6.07. The van der Waals surface area contributed by atoms with Gasteiger partial charge in [0.1, 0.15) is 6.04 Å². The molecular weight excluding hydrogens is 350 g/mol. The van der Waals surface area contributed by atoms with Gasteiger partial charge in [-0.3, -0.25) is 9.59 Å². The second-order valence-electron chi connectivity index (χ2n) is 7.42. The highest BCUT2D eigenvalue weighted by molar-refractivity contribution is 6.01. The minimum Gasteiger partial charge on any atom is -0.371 e. The Morgan fingerprint density at radius 3 is 2.54 bits per heavy atom. The molecule has 0 saturated carbocycles. The SMILES string of the molecule is CCC[C@H](NC(=O)c1cccc(C)c1)C(=O)Nc1cccc(N2CCCC2)c1.